The van der Waals surface area contributed by atoms with Crippen LogP contribution in [0.15, 0.2) is 97.0 Å². The second-order valence-corrected chi connectivity index (χ2v) is 10.8. The predicted molar refractivity (Wildman–Crippen MR) is 172 cm³/mol. The van der Waals surface area contributed by atoms with Crippen molar-refractivity contribution in [3.63, 3.8) is 0 Å². The molecule has 3 rings (SSSR count). The maximum absolute atomic E-state index is 12.1. The third kappa shape index (κ3) is 9.29. The zero-order valence-corrected chi connectivity index (χ0v) is 25.1. The number of hydrogen-bond acceptors (Lipinski definition) is 3. The Bertz CT molecular complexity index is 1150. The first kappa shape index (κ1) is 31.0. The van der Waals surface area contributed by atoms with Crippen LogP contribution in [0.4, 0.5) is 5.69 Å². The van der Waals surface area contributed by atoms with Crippen LogP contribution in [-0.4, -0.2) is 19.0 Å². The van der Waals surface area contributed by atoms with Crippen LogP contribution in [0.5, 0.6) is 0 Å². The van der Waals surface area contributed by atoms with Gasteiger partial charge in [0.05, 0.1) is 0 Å². The molecule has 2 aromatic rings. The highest BCUT2D eigenvalue weighted by molar-refractivity contribution is 5.76. The van der Waals surface area contributed by atoms with Gasteiger partial charge in [-0.2, -0.15) is 0 Å². The minimum atomic E-state index is 0.221. The molecule has 1 aliphatic carbocycles. The molecule has 1 amide bonds. The number of hydrogen-bond donors (Lipinski definition) is 2. The molecule has 214 valence electrons. The van der Waals surface area contributed by atoms with Crippen molar-refractivity contribution in [2.24, 2.45) is 5.92 Å². The van der Waals surface area contributed by atoms with E-state index in [0.717, 1.165) is 56.0 Å². The number of nitrogens with one attached hydrogen (secondary N) is 2. The Balaban J connectivity index is 1.61. The Morgan fingerprint density at radius 3 is 2.15 bits per heavy atom. The molecular formula is C36H49N3O. The van der Waals surface area contributed by atoms with E-state index in [9.17, 15) is 4.79 Å². The Morgan fingerprint density at radius 2 is 1.57 bits per heavy atom. The molecule has 4 nitrogen and oxygen atoms in total. The van der Waals surface area contributed by atoms with Crippen molar-refractivity contribution in [1.29, 1.82) is 0 Å². The summed E-state index contributed by atoms with van der Waals surface area (Å²) < 4.78 is 0. The Kier molecular flexibility index (Phi) is 12.8. The lowest BCUT2D eigenvalue weighted by Gasteiger charge is -2.28. The first-order chi connectivity index (χ1) is 19.5. The van der Waals surface area contributed by atoms with Crippen LogP contribution >= 0.6 is 0 Å². The number of allylic oxidation sites excluding steroid dienone is 5. The summed E-state index contributed by atoms with van der Waals surface area (Å²) in [6.45, 7) is 14.3. The summed E-state index contributed by atoms with van der Waals surface area (Å²) >= 11 is 0. The van der Waals surface area contributed by atoms with Gasteiger partial charge in [0.15, 0.2) is 0 Å². The lowest BCUT2D eigenvalue weighted by molar-refractivity contribution is -0.122. The standard InChI is InChI=1S/C36H49N3O/c1-6-10-12-34(11-7-2)38-28(5)39(26-9-4)35-23-21-33(22-24-35)32-19-17-31(18-20-32)30-15-13-29(14-16-30)27-36(40)37-25-8-3/h6-7,10-12,17-24,29-30,38H,5,8-9,13-16,25-27H2,1-4H3,(H,37,40)/b10-6-,11-7-,34-12+. The van der Waals surface area contributed by atoms with Gasteiger partial charge in [-0.1, -0.05) is 75.1 Å². The third-order valence-electron chi connectivity index (χ3n) is 7.66. The second-order valence-electron chi connectivity index (χ2n) is 10.8. The zero-order valence-electron chi connectivity index (χ0n) is 25.1. The summed E-state index contributed by atoms with van der Waals surface area (Å²) in [6.07, 6.45) is 17.5. The zero-order chi connectivity index (χ0) is 28.7. The van der Waals surface area contributed by atoms with Crippen molar-refractivity contribution < 1.29 is 4.79 Å². The van der Waals surface area contributed by atoms with Crippen LogP contribution in [0.1, 0.15) is 84.1 Å². The monoisotopic (exact) mass is 539 g/mol. The molecule has 0 spiro atoms. The highest BCUT2D eigenvalue weighted by Crippen LogP contribution is 2.37. The van der Waals surface area contributed by atoms with Gasteiger partial charge in [-0.05, 0) is 105 Å². The van der Waals surface area contributed by atoms with Crippen molar-refractivity contribution in [2.75, 3.05) is 18.0 Å². The van der Waals surface area contributed by atoms with Gasteiger partial charge in [0, 0.05) is 30.9 Å². The highest BCUT2D eigenvalue weighted by Gasteiger charge is 2.24. The Hall–Kier alpha value is -3.53. The largest absolute Gasteiger partial charge is 0.356 e. The molecule has 0 radical (unpaired) electrons. The van der Waals surface area contributed by atoms with Gasteiger partial charge in [0.2, 0.25) is 5.91 Å². The molecule has 0 aliphatic heterocycles. The molecule has 0 heterocycles. The SMILES string of the molecule is C=C(NC(/C=C\C)=C/C=C\C)N(CCC)c1ccc(-c2ccc(C3CCC(CC(=O)NCCC)CC3)cc2)cc1. The van der Waals surface area contributed by atoms with Gasteiger partial charge >= 0.3 is 0 Å². The number of rotatable bonds is 14. The number of nitrogens with zero attached hydrogens (tertiary/aromatic N) is 1. The van der Waals surface area contributed by atoms with E-state index in [1.54, 1.807) is 0 Å². The maximum atomic E-state index is 12.1. The van der Waals surface area contributed by atoms with E-state index < -0.39 is 0 Å². The van der Waals surface area contributed by atoms with Gasteiger partial charge in [0.1, 0.15) is 5.82 Å². The Labute approximate surface area is 243 Å². The number of anilines is 1. The van der Waals surface area contributed by atoms with Crippen molar-refractivity contribution in [1.82, 2.24) is 10.6 Å². The molecule has 2 aromatic carbocycles. The average Bonchev–Trinajstić information content (AvgIpc) is 2.98. The molecule has 0 atom stereocenters. The second kappa shape index (κ2) is 16.5. The lowest BCUT2D eigenvalue weighted by Crippen LogP contribution is -2.31. The Morgan fingerprint density at radius 1 is 0.925 bits per heavy atom. The molecule has 1 aliphatic rings. The topological polar surface area (TPSA) is 44.4 Å². The summed E-state index contributed by atoms with van der Waals surface area (Å²) in [5, 5.41) is 6.50. The minimum Gasteiger partial charge on any atom is -0.356 e. The lowest BCUT2D eigenvalue weighted by atomic mass is 9.77. The fourth-order valence-electron chi connectivity index (χ4n) is 5.48. The summed E-state index contributed by atoms with van der Waals surface area (Å²) in [7, 11) is 0. The van der Waals surface area contributed by atoms with Crippen LogP contribution < -0.4 is 15.5 Å². The summed E-state index contributed by atoms with van der Waals surface area (Å²) in [4.78, 5) is 14.3. The molecular weight excluding hydrogens is 490 g/mol. The van der Waals surface area contributed by atoms with E-state index in [1.807, 2.05) is 32.1 Å². The van der Waals surface area contributed by atoms with Crippen LogP contribution in [0.25, 0.3) is 11.1 Å². The van der Waals surface area contributed by atoms with E-state index in [0.29, 0.717) is 18.3 Å². The summed E-state index contributed by atoms with van der Waals surface area (Å²) in [6, 6.07) is 17.9. The molecule has 4 heteroatoms. The average molecular weight is 540 g/mol. The van der Waals surface area contributed by atoms with Crippen molar-refractivity contribution >= 4 is 11.6 Å². The molecule has 0 unspecified atom stereocenters. The summed E-state index contributed by atoms with van der Waals surface area (Å²) in [5.74, 6) is 2.22. The quantitative estimate of drug-likeness (QED) is 0.236. The highest BCUT2D eigenvalue weighted by atomic mass is 16.1. The minimum absolute atomic E-state index is 0.221. The van der Waals surface area contributed by atoms with Crippen LogP contribution in [-0.2, 0) is 4.79 Å². The third-order valence-corrected chi connectivity index (χ3v) is 7.66. The van der Waals surface area contributed by atoms with E-state index in [2.05, 4.69) is 96.6 Å². The van der Waals surface area contributed by atoms with Gasteiger partial charge in [-0.3, -0.25) is 4.79 Å². The fourth-order valence-corrected chi connectivity index (χ4v) is 5.48. The molecule has 1 fully saturated rings. The van der Waals surface area contributed by atoms with Crippen LogP contribution in [0.2, 0.25) is 0 Å². The maximum Gasteiger partial charge on any atom is 0.220 e. The van der Waals surface area contributed by atoms with Gasteiger partial charge in [0.25, 0.3) is 0 Å². The number of amides is 1. The predicted octanol–water partition coefficient (Wildman–Crippen LogP) is 8.86. The van der Waals surface area contributed by atoms with Gasteiger partial charge in [-0.25, -0.2) is 0 Å². The molecule has 1 saturated carbocycles. The van der Waals surface area contributed by atoms with Gasteiger partial charge in [-0.15, -0.1) is 0 Å². The number of benzene rings is 2. The van der Waals surface area contributed by atoms with E-state index in [4.69, 9.17) is 0 Å². The van der Waals surface area contributed by atoms with E-state index in [-0.39, 0.29) is 5.91 Å². The molecule has 2 N–H and O–H groups in total. The van der Waals surface area contributed by atoms with E-state index in [1.165, 1.54) is 29.5 Å². The van der Waals surface area contributed by atoms with E-state index >= 15 is 0 Å². The van der Waals surface area contributed by atoms with Crippen molar-refractivity contribution in [3.8, 4) is 11.1 Å². The smallest absolute Gasteiger partial charge is 0.220 e. The summed E-state index contributed by atoms with van der Waals surface area (Å²) in [5.41, 5.74) is 6.02. The first-order valence-electron chi connectivity index (χ1n) is 15.1. The number of carbonyl (C=O) groups excluding carboxylic acids is 1. The normalized spacial score (nSPS) is 17.8. The fraction of sp³-hybridized carbons (Fsp3) is 0.417. The molecule has 0 saturated heterocycles. The van der Waals surface area contributed by atoms with Crippen molar-refractivity contribution in [3.05, 3.63) is 103 Å². The first-order valence-corrected chi connectivity index (χ1v) is 15.1. The number of carbonyl (C=O) groups is 1. The van der Waals surface area contributed by atoms with Crippen molar-refractivity contribution in [2.45, 2.75) is 78.6 Å². The molecule has 40 heavy (non-hydrogen) atoms. The molecule has 0 aromatic heterocycles. The van der Waals surface area contributed by atoms with Gasteiger partial charge < -0.3 is 15.5 Å². The van der Waals surface area contributed by atoms with Crippen LogP contribution in [0, 0.1) is 5.92 Å². The molecule has 0 bridgehead atoms. The van der Waals surface area contributed by atoms with Crippen LogP contribution in [0.3, 0.4) is 0 Å².